The molecule has 2 aromatic rings. The molecule has 0 amide bonds. The highest BCUT2D eigenvalue weighted by molar-refractivity contribution is 6.31. The lowest BCUT2D eigenvalue weighted by Crippen LogP contribution is -2.12. The summed E-state index contributed by atoms with van der Waals surface area (Å²) in [5.74, 6) is 0.776. The van der Waals surface area contributed by atoms with Crippen molar-refractivity contribution < 1.29 is 0 Å². The van der Waals surface area contributed by atoms with Gasteiger partial charge in [0.15, 0.2) is 0 Å². The quantitative estimate of drug-likeness (QED) is 0.781. The third-order valence-corrected chi connectivity index (χ3v) is 4.78. The molecule has 1 nitrogen and oxygen atoms in total. The number of benzene rings is 2. The van der Waals surface area contributed by atoms with Gasteiger partial charge in [0, 0.05) is 11.6 Å². The summed E-state index contributed by atoms with van der Waals surface area (Å²) in [6, 6.07) is 15.3. The standard InChI is InChI=1S/C19H22ClN/c1-2-21-13-18-12-17(9-10-19(18)20)16-8-4-7-15(11-16)14-5-3-6-14/h4,7-12,14,21H,2-3,5-6,13H2,1H3. The van der Waals surface area contributed by atoms with Crippen molar-refractivity contribution in [2.24, 2.45) is 0 Å². The van der Waals surface area contributed by atoms with Crippen molar-refractivity contribution in [1.29, 1.82) is 0 Å². The Morgan fingerprint density at radius 1 is 1.10 bits per heavy atom. The molecule has 1 aliphatic carbocycles. The highest BCUT2D eigenvalue weighted by atomic mass is 35.5. The Bertz CT molecular complexity index is 617. The summed E-state index contributed by atoms with van der Waals surface area (Å²) in [6.07, 6.45) is 4.06. The van der Waals surface area contributed by atoms with Crippen LogP contribution in [-0.4, -0.2) is 6.54 Å². The van der Waals surface area contributed by atoms with E-state index in [1.165, 1.54) is 41.5 Å². The first-order valence-electron chi connectivity index (χ1n) is 7.87. The minimum Gasteiger partial charge on any atom is -0.313 e. The van der Waals surface area contributed by atoms with Crippen molar-refractivity contribution in [3.63, 3.8) is 0 Å². The van der Waals surface area contributed by atoms with E-state index in [1.807, 2.05) is 6.07 Å². The molecule has 21 heavy (non-hydrogen) atoms. The Hall–Kier alpha value is -1.31. The van der Waals surface area contributed by atoms with Gasteiger partial charge in [0.2, 0.25) is 0 Å². The zero-order valence-electron chi connectivity index (χ0n) is 12.5. The molecule has 0 atom stereocenters. The SMILES string of the molecule is CCNCc1cc(-c2cccc(C3CCC3)c2)ccc1Cl. The number of rotatable bonds is 5. The van der Waals surface area contributed by atoms with Crippen LogP contribution in [0.15, 0.2) is 42.5 Å². The molecule has 2 heteroatoms. The van der Waals surface area contributed by atoms with Crippen LogP contribution in [0.1, 0.15) is 43.2 Å². The lowest BCUT2D eigenvalue weighted by atomic mass is 9.79. The van der Waals surface area contributed by atoms with E-state index in [9.17, 15) is 0 Å². The summed E-state index contributed by atoms with van der Waals surface area (Å²) >= 11 is 6.29. The van der Waals surface area contributed by atoms with E-state index in [0.29, 0.717) is 0 Å². The molecular weight excluding hydrogens is 278 g/mol. The lowest BCUT2D eigenvalue weighted by molar-refractivity contribution is 0.420. The monoisotopic (exact) mass is 299 g/mol. The number of halogens is 1. The number of nitrogens with one attached hydrogen (secondary N) is 1. The second kappa shape index (κ2) is 6.64. The van der Waals surface area contributed by atoms with Crippen molar-refractivity contribution >= 4 is 11.6 Å². The molecule has 0 radical (unpaired) electrons. The first kappa shape index (κ1) is 14.6. The molecule has 0 spiro atoms. The Labute approximate surface area is 132 Å². The first-order chi connectivity index (χ1) is 10.3. The fraction of sp³-hybridized carbons (Fsp3) is 0.368. The van der Waals surface area contributed by atoms with Gasteiger partial charge in [0.1, 0.15) is 0 Å². The van der Waals surface area contributed by atoms with Crippen LogP contribution in [0.4, 0.5) is 0 Å². The summed E-state index contributed by atoms with van der Waals surface area (Å²) in [7, 11) is 0. The van der Waals surface area contributed by atoms with Gasteiger partial charge in [0.25, 0.3) is 0 Å². The smallest absolute Gasteiger partial charge is 0.0451 e. The second-order valence-electron chi connectivity index (χ2n) is 5.84. The van der Waals surface area contributed by atoms with Crippen LogP contribution in [0.5, 0.6) is 0 Å². The van der Waals surface area contributed by atoms with E-state index in [1.54, 1.807) is 0 Å². The summed E-state index contributed by atoms with van der Waals surface area (Å²) in [5, 5.41) is 4.19. The molecule has 0 unspecified atom stereocenters. The van der Waals surface area contributed by atoms with Gasteiger partial charge in [-0.05, 0) is 59.7 Å². The predicted octanol–water partition coefficient (Wildman–Crippen LogP) is 5.38. The van der Waals surface area contributed by atoms with Crippen molar-refractivity contribution in [3.8, 4) is 11.1 Å². The minimum absolute atomic E-state index is 0.776. The number of hydrogen-bond donors (Lipinski definition) is 1. The third kappa shape index (κ3) is 3.30. The molecule has 0 heterocycles. The van der Waals surface area contributed by atoms with Crippen LogP contribution >= 0.6 is 11.6 Å². The van der Waals surface area contributed by atoms with Gasteiger partial charge in [-0.25, -0.2) is 0 Å². The van der Waals surface area contributed by atoms with Crippen LogP contribution in [-0.2, 0) is 6.54 Å². The van der Waals surface area contributed by atoms with Crippen LogP contribution < -0.4 is 5.32 Å². The predicted molar refractivity (Wildman–Crippen MR) is 90.9 cm³/mol. The first-order valence-corrected chi connectivity index (χ1v) is 8.25. The van der Waals surface area contributed by atoms with E-state index in [-0.39, 0.29) is 0 Å². The van der Waals surface area contributed by atoms with Gasteiger partial charge >= 0.3 is 0 Å². The second-order valence-corrected chi connectivity index (χ2v) is 6.25. The van der Waals surface area contributed by atoms with Crippen molar-refractivity contribution in [2.75, 3.05) is 6.54 Å². The maximum Gasteiger partial charge on any atom is 0.0451 e. The van der Waals surface area contributed by atoms with Crippen molar-refractivity contribution in [2.45, 2.75) is 38.6 Å². The molecule has 1 fully saturated rings. The van der Waals surface area contributed by atoms with E-state index < -0.39 is 0 Å². The Balaban J connectivity index is 1.88. The third-order valence-electron chi connectivity index (χ3n) is 4.41. The summed E-state index contributed by atoms with van der Waals surface area (Å²) in [6.45, 7) is 3.89. The van der Waals surface area contributed by atoms with Crippen molar-refractivity contribution in [3.05, 3.63) is 58.6 Å². The van der Waals surface area contributed by atoms with E-state index >= 15 is 0 Å². The topological polar surface area (TPSA) is 12.0 Å². The molecule has 0 aliphatic heterocycles. The van der Waals surface area contributed by atoms with Crippen LogP contribution in [0, 0.1) is 0 Å². The Kier molecular flexibility index (Phi) is 4.62. The zero-order valence-corrected chi connectivity index (χ0v) is 13.3. The average molecular weight is 300 g/mol. The maximum atomic E-state index is 6.29. The van der Waals surface area contributed by atoms with Gasteiger partial charge in [0.05, 0.1) is 0 Å². The van der Waals surface area contributed by atoms with E-state index in [4.69, 9.17) is 11.6 Å². The molecule has 0 aromatic heterocycles. The zero-order chi connectivity index (χ0) is 14.7. The summed E-state index contributed by atoms with van der Waals surface area (Å²) in [5.41, 5.74) is 5.22. The van der Waals surface area contributed by atoms with Gasteiger partial charge in [-0.3, -0.25) is 0 Å². The van der Waals surface area contributed by atoms with Crippen LogP contribution in [0.25, 0.3) is 11.1 Å². The average Bonchev–Trinajstić information content (AvgIpc) is 2.45. The van der Waals surface area contributed by atoms with E-state index in [2.05, 4.69) is 48.6 Å². The Morgan fingerprint density at radius 3 is 2.62 bits per heavy atom. The highest BCUT2D eigenvalue weighted by Crippen LogP contribution is 2.37. The van der Waals surface area contributed by atoms with E-state index in [0.717, 1.165) is 24.0 Å². The largest absolute Gasteiger partial charge is 0.313 e. The van der Waals surface area contributed by atoms with Gasteiger partial charge < -0.3 is 5.32 Å². The lowest BCUT2D eigenvalue weighted by Gasteiger charge is -2.26. The van der Waals surface area contributed by atoms with Crippen LogP contribution in [0.3, 0.4) is 0 Å². The summed E-state index contributed by atoms with van der Waals surface area (Å²) in [4.78, 5) is 0. The molecule has 2 aromatic carbocycles. The normalized spacial score (nSPS) is 15.0. The fourth-order valence-electron chi connectivity index (χ4n) is 2.86. The van der Waals surface area contributed by atoms with Crippen LogP contribution in [0.2, 0.25) is 5.02 Å². The molecule has 1 N–H and O–H groups in total. The van der Waals surface area contributed by atoms with Gasteiger partial charge in [-0.1, -0.05) is 55.3 Å². The minimum atomic E-state index is 0.776. The molecule has 1 saturated carbocycles. The molecule has 110 valence electrons. The summed E-state index contributed by atoms with van der Waals surface area (Å²) < 4.78 is 0. The maximum absolute atomic E-state index is 6.29. The fourth-order valence-corrected chi connectivity index (χ4v) is 3.05. The van der Waals surface area contributed by atoms with Gasteiger partial charge in [-0.15, -0.1) is 0 Å². The molecule has 3 rings (SSSR count). The molecular formula is C19H22ClN. The molecule has 0 bridgehead atoms. The van der Waals surface area contributed by atoms with Gasteiger partial charge in [-0.2, -0.15) is 0 Å². The number of hydrogen-bond acceptors (Lipinski definition) is 1. The Morgan fingerprint density at radius 2 is 1.90 bits per heavy atom. The highest BCUT2D eigenvalue weighted by Gasteiger charge is 2.19. The van der Waals surface area contributed by atoms with Crippen molar-refractivity contribution in [1.82, 2.24) is 5.32 Å². The molecule has 0 saturated heterocycles. The molecule has 1 aliphatic rings.